The number of aliphatic carboxylic acids is 1. The Balaban J connectivity index is 0.000000245. The second-order valence-corrected chi connectivity index (χ2v) is 14.2. The van der Waals surface area contributed by atoms with Crippen LogP contribution in [-0.4, -0.2) is 129 Å². The first kappa shape index (κ1) is 44.5. The lowest BCUT2D eigenvalue weighted by atomic mass is 10.00. The fraction of sp³-hybridized carbons (Fsp3) is 0.421. The highest BCUT2D eigenvalue weighted by Crippen LogP contribution is 2.32. The van der Waals surface area contributed by atoms with Gasteiger partial charge >= 0.3 is 12.1 Å². The first-order valence-corrected chi connectivity index (χ1v) is 17.4. The number of benzene rings is 2. The highest BCUT2D eigenvalue weighted by molar-refractivity contribution is 5.90. The molecule has 0 spiro atoms. The smallest absolute Gasteiger partial charge is 0.416 e. The minimum atomic E-state index is -4.45. The molecule has 298 valence electrons. The molecule has 6 rings (SSSR count). The lowest BCUT2D eigenvalue weighted by molar-refractivity contribution is -0.137. The Kier molecular flexibility index (Phi) is 16.3. The zero-order chi connectivity index (χ0) is 39.6. The van der Waals surface area contributed by atoms with Crippen molar-refractivity contribution in [2.24, 2.45) is 11.8 Å². The van der Waals surface area contributed by atoms with E-state index in [0.29, 0.717) is 17.3 Å². The van der Waals surface area contributed by atoms with Gasteiger partial charge in [0, 0.05) is 80.9 Å². The number of halogens is 4. The van der Waals surface area contributed by atoms with Crippen molar-refractivity contribution in [1.29, 1.82) is 0 Å². The summed E-state index contributed by atoms with van der Waals surface area (Å²) in [7, 11) is 8.36. The molecule has 0 aliphatic carbocycles. The minimum Gasteiger partial charge on any atom is -0.478 e. The first-order valence-electron chi connectivity index (χ1n) is 17.4. The number of hydrogen-bond acceptors (Lipinski definition) is 9. The predicted octanol–water partition coefficient (Wildman–Crippen LogP) is 5.07. The summed E-state index contributed by atoms with van der Waals surface area (Å²) < 4.78 is 41.0. The van der Waals surface area contributed by atoms with Crippen molar-refractivity contribution in [2.45, 2.75) is 26.9 Å². The number of carbonyl (C=O) groups is 2. The van der Waals surface area contributed by atoms with Gasteiger partial charge in [-0.1, -0.05) is 17.2 Å². The van der Waals surface area contributed by atoms with Gasteiger partial charge in [-0.3, -0.25) is 4.79 Å². The second-order valence-electron chi connectivity index (χ2n) is 14.2. The fourth-order valence-corrected chi connectivity index (χ4v) is 5.90. The third kappa shape index (κ3) is 14.4. The van der Waals surface area contributed by atoms with Crippen molar-refractivity contribution >= 4 is 36.7 Å². The van der Waals surface area contributed by atoms with Crippen molar-refractivity contribution in [3.8, 4) is 22.8 Å². The van der Waals surface area contributed by atoms with Crippen LogP contribution < -0.4 is 5.32 Å². The molecule has 0 atom stereocenters. The van der Waals surface area contributed by atoms with E-state index < -0.39 is 17.7 Å². The van der Waals surface area contributed by atoms with Gasteiger partial charge in [0.05, 0.1) is 5.56 Å². The zero-order valence-corrected chi connectivity index (χ0v) is 33.0. The van der Waals surface area contributed by atoms with E-state index in [0.717, 1.165) is 60.2 Å². The van der Waals surface area contributed by atoms with Crippen LogP contribution in [-0.2, 0) is 15.8 Å². The van der Waals surface area contributed by atoms with E-state index in [-0.39, 0.29) is 29.7 Å². The Morgan fingerprint density at radius 1 is 0.782 bits per heavy atom. The normalized spacial score (nSPS) is 14.6. The summed E-state index contributed by atoms with van der Waals surface area (Å²) in [5, 5.41) is 20.1. The summed E-state index contributed by atoms with van der Waals surface area (Å²) in [5.74, 6) is 1.11. The lowest BCUT2D eigenvalue weighted by Crippen LogP contribution is -2.52. The summed E-state index contributed by atoms with van der Waals surface area (Å²) in [5.41, 5.74) is 3.21. The molecule has 55 heavy (non-hydrogen) atoms. The number of aromatic nitrogens is 6. The molecule has 13 nitrogen and oxygen atoms in total. The molecule has 2 saturated heterocycles. The van der Waals surface area contributed by atoms with E-state index in [9.17, 15) is 22.8 Å². The van der Waals surface area contributed by atoms with E-state index in [2.05, 4.69) is 95.5 Å². The number of carbonyl (C=O) groups excluding carboxylic acids is 1. The van der Waals surface area contributed by atoms with Crippen molar-refractivity contribution in [3.05, 3.63) is 83.5 Å². The molecule has 4 heterocycles. The third-order valence-electron chi connectivity index (χ3n) is 8.28. The van der Waals surface area contributed by atoms with E-state index in [1.807, 2.05) is 4.90 Å². The Labute approximate surface area is 326 Å². The van der Waals surface area contributed by atoms with E-state index in [4.69, 9.17) is 5.11 Å². The lowest BCUT2D eigenvalue weighted by Gasteiger charge is -2.39. The number of carboxylic acid groups (broad SMARTS) is 1. The highest BCUT2D eigenvalue weighted by atomic mass is 35.5. The maximum absolute atomic E-state index is 12.8. The number of nitrogens with zero attached hydrogens (tertiary/aromatic N) is 9. The number of amides is 1. The number of carboxylic acids is 1. The average molecular weight is 787 g/mol. The summed E-state index contributed by atoms with van der Waals surface area (Å²) >= 11 is 0. The molecule has 17 heteroatoms. The first-order chi connectivity index (χ1) is 25.4. The van der Waals surface area contributed by atoms with Gasteiger partial charge in [0.25, 0.3) is 0 Å². The van der Waals surface area contributed by atoms with E-state index in [1.165, 1.54) is 43.2 Å². The van der Waals surface area contributed by atoms with Gasteiger partial charge in [-0.15, -0.1) is 22.6 Å². The fourth-order valence-electron chi connectivity index (χ4n) is 5.90. The van der Waals surface area contributed by atoms with Crippen LogP contribution >= 0.6 is 12.4 Å². The largest absolute Gasteiger partial charge is 0.478 e. The predicted molar refractivity (Wildman–Crippen MR) is 209 cm³/mol. The number of rotatable bonds is 10. The summed E-state index contributed by atoms with van der Waals surface area (Å²) in [6, 6.07) is 9.75. The van der Waals surface area contributed by atoms with Crippen LogP contribution in [0.4, 0.5) is 13.2 Å². The molecule has 1 amide bonds. The van der Waals surface area contributed by atoms with Gasteiger partial charge in [0.2, 0.25) is 5.91 Å². The number of aryl methyl sites for hydroxylation is 3. The second kappa shape index (κ2) is 20.1. The van der Waals surface area contributed by atoms with Crippen molar-refractivity contribution in [3.63, 3.8) is 0 Å². The molecule has 0 saturated carbocycles. The maximum Gasteiger partial charge on any atom is 0.416 e. The molecule has 2 fully saturated rings. The molecule has 4 aromatic rings. The van der Waals surface area contributed by atoms with Crippen LogP contribution in [0.15, 0.2) is 61.2 Å². The number of hydrogen-bond donors (Lipinski definition) is 2. The molecule has 2 aliphatic rings. The third-order valence-corrected chi connectivity index (χ3v) is 8.28. The maximum atomic E-state index is 12.8. The molecule has 0 bridgehead atoms. The van der Waals surface area contributed by atoms with Crippen LogP contribution in [0.25, 0.3) is 35.2 Å². The van der Waals surface area contributed by atoms with Gasteiger partial charge in [-0.05, 0) is 90.8 Å². The van der Waals surface area contributed by atoms with Crippen LogP contribution in [0.3, 0.4) is 0 Å². The molecule has 2 aliphatic heterocycles. The van der Waals surface area contributed by atoms with Crippen molar-refractivity contribution < 1.29 is 27.9 Å². The molecule has 2 aromatic heterocycles. The van der Waals surface area contributed by atoms with Crippen molar-refractivity contribution in [2.75, 3.05) is 67.5 Å². The van der Waals surface area contributed by atoms with E-state index in [1.54, 1.807) is 30.2 Å². The minimum absolute atomic E-state index is 0. The Bertz CT molecular complexity index is 1910. The Hall–Kier alpha value is -4.90. The molecular weight excluding hydrogens is 737 g/mol. The SMILES string of the molecule is CN(C)CC1CNC1.Cc1cc(-c2ncn(/C=C\C(=O)O)n2)cc(C(F)(F)F)c1.Cc1cc(C)cc(-c2ncn(/C=C\C(=O)N3CC(CN(C)C)C3)n2)c1.Cl. The topological polar surface area (TPSA) is 138 Å². The van der Waals surface area contributed by atoms with Crippen LogP contribution in [0.2, 0.25) is 0 Å². The van der Waals surface area contributed by atoms with Gasteiger partial charge in [0.15, 0.2) is 11.6 Å². The van der Waals surface area contributed by atoms with Crippen LogP contribution in [0, 0.1) is 32.6 Å². The average Bonchev–Trinajstić information content (AvgIpc) is 3.72. The molecule has 0 unspecified atom stereocenters. The summed E-state index contributed by atoms with van der Waals surface area (Å²) in [6.45, 7) is 12.0. The van der Waals surface area contributed by atoms with Gasteiger partial charge in [-0.25, -0.2) is 24.1 Å². The number of nitrogens with one attached hydrogen (secondary N) is 1. The molecule has 0 radical (unpaired) electrons. The molecule has 2 N–H and O–H groups in total. The van der Waals surface area contributed by atoms with Gasteiger partial charge in [-0.2, -0.15) is 13.2 Å². The quantitative estimate of drug-likeness (QED) is 0.210. The van der Waals surface area contributed by atoms with Crippen LogP contribution in [0.5, 0.6) is 0 Å². The number of alkyl halides is 3. The van der Waals surface area contributed by atoms with Crippen molar-refractivity contribution in [1.82, 2.24) is 49.5 Å². The highest BCUT2D eigenvalue weighted by Gasteiger charge is 2.31. The molecule has 2 aromatic carbocycles. The van der Waals surface area contributed by atoms with E-state index >= 15 is 0 Å². The van der Waals surface area contributed by atoms with Gasteiger partial charge in [0.1, 0.15) is 12.7 Å². The Morgan fingerprint density at radius 3 is 1.69 bits per heavy atom. The monoisotopic (exact) mass is 786 g/mol. The van der Waals surface area contributed by atoms with Crippen LogP contribution in [0.1, 0.15) is 22.3 Å². The van der Waals surface area contributed by atoms with Gasteiger partial charge < -0.3 is 25.1 Å². The Morgan fingerprint density at radius 2 is 1.25 bits per heavy atom. The summed E-state index contributed by atoms with van der Waals surface area (Å²) in [4.78, 5) is 37.0. The zero-order valence-electron chi connectivity index (χ0n) is 32.2. The summed E-state index contributed by atoms with van der Waals surface area (Å²) in [6.07, 6.45) is 3.60. The number of likely N-dealkylation sites (tertiary alicyclic amines) is 1. The standard InChI is InChI=1S/C19H25N5O.C13H10F3N3O2.C6H14N2.ClH/c1-14-7-15(2)9-17(8-14)19-20-13-24(21-19)6-5-18(25)23-11-16(12-23)10-22(3)4;1-8-4-9(6-10(5-8)13(14,15)16)12-17-7-19(18-12)3-2-11(20)21;1-8(2)5-6-3-7-4-6;/h5-9,13,16H,10-12H2,1-4H3;2-7H,1H3,(H,20,21);6-7H,3-5H2,1-2H3;1H/b6-5-;3-2-;;. The molecular formula is C38H50ClF3N10O3.